The molecule has 1 aromatic heterocycles. The Bertz CT molecular complexity index is 987. The van der Waals surface area contributed by atoms with Crippen molar-refractivity contribution in [2.75, 3.05) is 11.9 Å². The molecule has 0 saturated carbocycles. The van der Waals surface area contributed by atoms with Crippen LogP contribution in [0.25, 0.3) is 0 Å². The summed E-state index contributed by atoms with van der Waals surface area (Å²) in [4.78, 5) is 31.8. The summed E-state index contributed by atoms with van der Waals surface area (Å²) in [5.41, 5.74) is 1.83. The minimum absolute atomic E-state index is 0.0626. The maximum absolute atomic E-state index is 13.4. The summed E-state index contributed by atoms with van der Waals surface area (Å²) in [6, 6.07) is 17.5. The van der Waals surface area contributed by atoms with Gasteiger partial charge in [-0.2, -0.15) is 5.10 Å². The molecule has 2 aromatic carbocycles. The second-order valence-electron chi connectivity index (χ2n) is 7.01. The molecular formula is C21H21N5O2. The molecule has 1 aliphatic heterocycles. The molecule has 3 aromatic rings. The fourth-order valence-electron chi connectivity index (χ4n) is 3.90. The largest absolute Gasteiger partial charge is 0.349 e. The van der Waals surface area contributed by atoms with E-state index in [2.05, 4.69) is 20.5 Å². The molecule has 2 amide bonds. The Morgan fingerprint density at radius 2 is 1.89 bits per heavy atom. The lowest BCUT2D eigenvalue weighted by molar-refractivity contribution is -0.129. The van der Waals surface area contributed by atoms with Gasteiger partial charge >= 0.3 is 0 Å². The zero-order chi connectivity index (χ0) is 19.6. The third-order valence-corrected chi connectivity index (χ3v) is 5.22. The van der Waals surface area contributed by atoms with E-state index in [9.17, 15) is 9.59 Å². The first-order valence-corrected chi connectivity index (χ1v) is 9.13. The molecule has 7 heteroatoms. The number of hydrogen-bond donors (Lipinski definition) is 2. The Kier molecular flexibility index (Phi) is 4.65. The van der Waals surface area contributed by atoms with E-state index in [0.717, 1.165) is 16.8 Å². The standard InChI is InChI=1S/C21H21N5O2/c1-26-17-10-6-5-9-16(17)21(20(26)28,11-15-7-3-2-4-8-15)12-19(27)22-13-18-23-14-24-25-18/h2-10,14H,11-13H2,1H3,(H,22,27)(H,23,24,25)/t21-/m0/s1. The van der Waals surface area contributed by atoms with E-state index in [1.807, 2.05) is 54.6 Å². The lowest BCUT2D eigenvalue weighted by Gasteiger charge is -2.28. The second kappa shape index (κ2) is 7.26. The Morgan fingerprint density at radius 1 is 1.14 bits per heavy atom. The maximum Gasteiger partial charge on any atom is 0.238 e. The minimum Gasteiger partial charge on any atom is -0.349 e. The van der Waals surface area contributed by atoms with E-state index < -0.39 is 5.41 Å². The van der Waals surface area contributed by atoms with Crippen molar-refractivity contribution in [2.24, 2.45) is 0 Å². The molecule has 2 N–H and O–H groups in total. The van der Waals surface area contributed by atoms with Gasteiger partial charge in [-0.3, -0.25) is 14.7 Å². The number of H-pyrrole nitrogens is 1. The first-order chi connectivity index (χ1) is 13.6. The molecule has 0 radical (unpaired) electrons. The summed E-state index contributed by atoms with van der Waals surface area (Å²) >= 11 is 0. The van der Waals surface area contributed by atoms with Crippen LogP contribution in [0, 0.1) is 0 Å². The molecule has 0 fully saturated rings. The van der Waals surface area contributed by atoms with Crippen LogP contribution < -0.4 is 10.2 Å². The van der Waals surface area contributed by atoms with Gasteiger partial charge in [-0.05, 0) is 23.6 Å². The summed E-state index contributed by atoms with van der Waals surface area (Å²) in [6.45, 7) is 0.242. The van der Waals surface area contributed by atoms with Crippen LogP contribution in [0.2, 0.25) is 0 Å². The Morgan fingerprint density at radius 3 is 2.64 bits per heavy atom. The van der Waals surface area contributed by atoms with E-state index in [4.69, 9.17) is 0 Å². The highest BCUT2D eigenvalue weighted by Crippen LogP contribution is 2.45. The van der Waals surface area contributed by atoms with Crippen molar-refractivity contribution in [3.8, 4) is 0 Å². The topological polar surface area (TPSA) is 91.0 Å². The number of likely N-dealkylation sites (N-methyl/N-ethyl adjacent to an activating group) is 1. The van der Waals surface area contributed by atoms with Gasteiger partial charge in [0.25, 0.3) is 0 Å². The fraction of sp³-hybridized carbons (Fsp3) is 0.238. The van der Waals surface area contributed by atoms with E-state index in [0.29, 0.717) is 12.2 Å². The summed E-state index contributed by atoms with van der Waals surface area (Å²) in [7, 11) is 1.76. The average molecular weight is 375 g/mol. The number of carbonyl (C=O) groups excluding carboxylic acids is 2. The van der Waals surface area contributed by atoms with Crippen molar-refractivity contribution in [3.05, 3.63) is 77.9 Å². The molecule has 4 rings (SSSR count). The molecular weight excluding hydrogens is 354 g/mol. The van der Waals surface area contributed by atoms with Crippen LogP contribution in [-0.2, 0) is 28.0 Å². The highest BCUT2D eigenvalue weighted by molar-refractivity contribution is 6.09. The summed E-state index contributed by atoms with van der Waals surface area (Å²) in [5.74, 6) is 0.305. The molecule has 0 bridgehead atoms. The van der Waals surface area contributed by atoms with Crippen LogP contribution in [0.4, 0.5) is 5.69 Å². The number of rotatable bonds is 6. The van der Waals surface area contributed by atoms with E-state index >= 15 is 0 Å². The highest BCUT2D eigenvalue weighted by Gasteiger charge is 2.50. The van der Waals surface area contributed by atoms with Gasteiger partial charge in [0.15, 0.2) is 0 Å². The number of nitrogens with one attached hydrogen (secondary N) is 2. The predicted octanol–water partition coefficient (Wildman–Crippen LogP) is 1.97. The number of amides is 2. The quantitative estimate of drug-likeness (QED) is 0.689. The third-order valence-electron chi connectivity index (χ3n) is 5.22. The van der Waals surface area contributed by atoms with Crippen LogP contribution in [0.5, 0.6) is 0 Å². The van der Waals surface area contributed by atoms with E-state index in [-0.39, 0.29) is 24.8 Å². The van der Waals surface area contributed by atoms with Crippen LogP contribution in [-0.4, -0.2) is 34.0 Å². The molecule has 0 unspecified atom stereocenters. The maximum atomic E-state index is 13.4. The van der Waals surface area contributed by atoms with Crippen molar-refractivity contribution in [1.82, 2.24) is 20.5 Å². The number of carbonyl (C=O) groups is 2. The van der Waals surface area contributed by atoms with Crippen molar-refractivity contribution < 1.29 is 9.59 Å². The minimum atomic E-state index is -0.932. The van der Waals surface area contributed by atoms with Gasteiger partial charge in [-0.15, -0.1) is 0 Å². The van der Waals surface area contributed by atoms with Gasteiger partial charge < -0.3 is 10.2 Å². The Balaban J connectivity index is 1.66. The molecule has 1 aliphatic rings. The molecule has 0 saturated heterocycles. The predicted molar refractivity (Wildman–Crippen MR) is 105 cm³/mol. The average Bonchev–Trinajstić information content (AvgIpc) is 3.31. The molecule has 0 aliphatic carbocycles. The van der Waals surface area contributed by atoms with Crippen molar-refractivity contribution in [3.63, 3.8) is 0 Å². The van der Waals surface area contributed by atoms with Crippen LogP contribution in [0.1, 0.15) is 23.4 Å². The lowest BCUT2D eigenvalue weighted by atomic mass is 9.73. The smallest absolute Gasteiger partial charge is 0.238 e. The zero-order valence-electron chi connectivity index (χ0n) is 15.6. The molecule has 1 atom stereocenters. The number of aromatic amines is 1. The molecule has 7 nitrogen and oxygen atoms in total. The highest BCUT2D eigenvalue weighted by atomic mass is 16.2. The van der Waals surface area contributed by atoms with Crippen LogP contribution in [0.15, 0.2) is 60.9 Å². The number of para-hydroxylation sites is 1. The monoisotopic (exact) mass is 375 g/mol. The normalized spacial score (nSPS) is 18.2. The molecule has 142 valence electrons. The number of nitrogens with zero attached hydrogens (tertiary/aromatic N) is 3. The number of fused-ring (bicyclic) bond motifs is 1. The van der Waals surface area contributed by atoms with Gasteiger partial charge in [0.05, 0.1) is 12.0 Å². The van der Waals surface area contributed by atoms with Gasteiger partial charge in [0, 0.05) is 19.2 Å². The number of aromatic nitrogens is 3. The van der Waals surface area contributed by atoms with E-state index in [1.54, 1.807) is 11.9 Å². The number of hydrogen-bond acceptors (Lipinski definition) is 4. The van der Waals surface area contributed by atoms with Crippen LogP contribution in [0.3, 0.4) is 0 Å². The third kappa shape index (κ3) is 3.15. The number of benzene rings is 2. The lowest BCUT2D eigenvalue weighted by Crippen LogP contribution is -2.44. The number of anilines is 1. The SMILES string of the molecule is CN1C(=O)[C@](CC(=O)NCc2ncn[nH]2)(Cc2ccccc2)c2ccccc21. The van der Waals surface area contributed by atoms with Crippen molar-refractivity contribution in [1.29, 1.82) is 0 Å². The van der Waals surface area contributed by atoms with Crippen molar-refractivity contribution in [2.45, 2.75) is 24.8 Å². The summed E-state index contributed by atoms with van der Waals surface area (Å²) in [6.07, 6.45) is 1.92. The van der Waals surface area contributed by atoms with Crippen LogP contribution >= 0.6 is 0 Å². The summed E-state index contributed by atoms with van der Waals surface area (Å²) < 4.78 is 0. The Hall–Kier alpha value is -3.48. The first-order valence-electron chi connectivity index (χ1n) is 9.13. The fourth-order valence-corrected chi connectivity index (χ4v) is 3.90. The summed E-state index contributed by atoms with van der Waals surface area (Å²) in [5, 5.41) is 9.34. The zero-order valence-corrected chi connectivity index (χ0v) is 15.6. The van der Waals surface area contributed by atoms with E-state index in [1.165, 1.54) is 6.33 Å². The molecule has 28 heavy (non-hydrogen) atoms. The molecule has 0 spiro atoms. The van der Waals surface area contributed by atoms with Crippen molar-refractivity contribution >= 4 is 17.5 Å². The van der Waals surface area contributed by atoms with Gasteiger partial charge in [0.1, 0.15) is 12.2 Å². The Labute approximate surface area is 162 Å². The second-order valence-corrected chi connectivity index (χ2v) is 7.01. The first kappa shape index (κ1) is 17.9. The van der Waals surface area contributed by atoms with Gasteiger partial charge in [-0.1, -0.05) is 48.5 Å². The van der Waals surface area contributed by atoms with Gasteiger partial charge in [0.2, 0.25) is 11.8 Å². The van der Waals surface area contributed by atoms with Gasteiger partial charge in [-0.25, -0.2) is 4.98 Å². The molecule has 2 heterocycles.